The van der Waals surface area contributed by atoms with Crippen LogP contribution < -0.4 is 20.1 Å². The second-order valence-electron chi connectivity index (χ2n) is 4.30. The number of hydrogen-bond acceptors (Lipinski definition) is 5. The first kappa shape index (κ1) is 14.6. The zero-order valence-corrected chi connectivity index (χ0v) is 12.1. The highest BCUT2D eigenvalue weighted by atomic mass is 16.5. The van der Waals surface area contributed by atoms with Gasteiger partial charge in [-0.05, 0) is 24.3 Å². The van der Waals surface area contributed by atoms with Crippen LogP contribution in [0.4, 0.5) is 17.2 Å². The molecule has 1 aromatic carbocycles. The molecule has 0 unspecified atom stereocenters. The molecule has 2 N–H and O–H groups in total. The molecule has 6 heteroatoms. The topological polar surface area (TPSA) is 72.5 Å². The van der Waals surface area contributed by atoms with E-state index in [1.807, 2.05) is 12.1 Å². The third-order valence-electron chi connectivity index (χ3n) is 2.76. The predicted octanol–water partition coefficient (Wildman–Crippen LogP) is 2.80. The molecule has 0 aliphatic carbocycles. The molecule has 2 rings (SSSR count). The standard InChI is InChI=1S/C15H17N3O3/c1-10(19)17-11-4-7-15(16-9-11)18-13-6-5-12(20-2)8-14(13)21-3/h4-9H,1-3H3,(H,16,18)(H,17,19). The number of methoxy groups -OCH3 is 2. The van der Waals surface area contributed by atoms with Gasteiger partial charge in [0, 0.05) is 13.0 Å². The van der Waals surface area contributed by atoms with E-state index < -0.39 is 0 Å². The predicted molar refractivity (Wildman–Crippen MR) is 81.4 cm³/mol. The third-order valence-corrected chi connectivity index (χ3v) is 2.76. The Morgan fingerprint density at radius 1 is 1.14 bits per heavy atom. The number of hydrogen-bond donors (Lipinski definition) is 2. The van der Waals surface area contributed by atoms with E-state index in [0.717, 1.165) is 5.69 Å². The van der Waals surface area contributed by atoms with Gasteiger partial charge in [0.25, 0.3) is 0 Å². The normalized spacial score (nSPS) is 9.86. The van der Waals surface area contributed by atoms with Gasteiger partial charge in [0.15, 0.2) is 0 Å². The summed E-state index contributed by atoms with van der Waals surface area (Å²) in [5, 5.41) is 5.81. The van der Waals surface area contributed by atoms with E-state index in [9.17, 15) is 4.79 Å². The molecule has 6 nitrogen and oxygen atoms in total. The van der Waals surface area contributed by atoms with Crippen molar-refractivity contribution in [2.45, 2.75) is 6.92 Å². The summed E-state index contributed by atoms with van der Waals surface area (Å²) < 4.78 is 10.5. The summed E-state index contributed by atoms with van der Waals surface area (Å²) in [7, 11) is 3.19. The van der Waals surface area contributed by atoms with Gasteiger partial charge in [0.05, 0.1) is 31.8 Å². The Hall–Kier alpha value is -2.76. The Labute approximate surface area is 123 Å². The molecule has 0 saturated heterocycles. The number of amides is 1. The summed E-state index contributed by atoms with van der Waals surface area (Å²) in [5.41, 5.74) is 1.42. The first-order chi connectivity index (χ1) is 10.1. The quantitative estimate of drug-likeness (QED) is 0.884. The van der Waals surface area contributed by atoms with Crippen LogP contribution in [-0.4, -0.2) is 25.1 Å². The highest BCUT2D eigenvalue weighted by molar-refractivity contribution is 5.88. The summed E-state index contributed by atoms with van der Waals surface area (Å²) in [5.74, 6) is 1.88. The molecular formula is C15H17N3O3. The van der Waals surface area contributed by atoms with E-state index in [1.54, 1.807) is 38.6 Å². The zero-order valence-electron chi connectivity index (χ0n) is 12.1. The van der Waals surface area contributed by atoms with Crippen molar-refractivity contribution < 1.29 is 14.3 Å². The fourth-order valence-electron chi connectivity index (χ4n) is 1.78. The number of carbonyl (C=O) groups is 1. The maximum absolute atomic E-state index is 11.0. The molecule has 0 bridgehead atoms. The van der Waals surface area contributed by atoms with Crippen LogP contribution in [0.2, 0.25) is 0 Å². The van der Waals surface area contributed by atoms with Gasteiger partial charge in [-0.3, -0.25) is 4.79 Å². The third kappa shape index (κ3) is 3.85. The molecule has 0 radical (unpaired) electrons. The lowest BCUT2D eigenvalue weighted by Gasteiger charge is -2.12. The van der Waals surface area contributed by atoms with Crippen LogP contribution in [0.1, 0.15) is 6.92 Å². The fourth-order valence-corrected chi connectivity index (χ4v) is 1.78. The van der Waals surface area contributed by atoms with Crippen molar-refractivity contribution in [2.24, 2.45) is 0 Å². The van der Waals surface area contributed by atoms with Gasteiger partial charge < -0.3 is 20.1 Å². The highest BCUT2D eigenvalue weighted by Crippen LogP contribution is 2.31. The van der Waals surface area contributed by atoms with Gasteiger partial charge in [-0.2, -0.15) is 0 Å². The van der Waals surface area contributed by atoms with Crippen LogP contribution in [-0.2, 0) is 4.79 Å². The summed E-state index contributed by atoms with van der Waals surface area (Å²) >= 11 is 0. The lowest BCUT2D eigenvalue weighted by molar-refractivity contribution is -0.114. The molecule has 1 amide bonds. The van der Waals surface area contributed by atoms with E-state index >= 15 is 0 Å². The average molecular weight is 287 g/mol. The first-order valence-corrected chi connectivity index (χ1v) is 6.35. The number of aromatic nitrogens is 1. The molecule has 1 heterocycles. The van der Waals surface area contributed by atoms with Crippen molar-refractivity contribution in [1.29, 1.82) is 0 Å². The van der Waals surface area contributed by atoms with Gasteiger partial charge >= 0.3 is 0 Å². The number of nitrogens with one attached hydrogen (secondary N) is 2. The van der Waals surface area contributed by atoms with Crippen molar-refractivity contribution >= 4 is 23.1 Å². The van der Waals surface area contributed by atoms with Crippen molar-refractivity contribution in [2.75, 3.05) is 24.9 Å². The van der Waals surface area contributed by atoms with Gasteiger partial charge in [-0.15, -0.1) is 0 Å². The lowest BCUT2D eigenvalue weighted by Crippen LogP contribution is -2.06. The Bertz CT molecular complexity index is 627. The number of rotatable bonds is 5. The zero-order chi connectivity index (χ0) is 15.2. The summed E-state index contributed by atoms with van der Waals surface area (Å²) in [6.07, 6.45) is 1.58. The molecule has 0 aliphatic rings. The first-order valence-electron chi connectivity index (χ1n) is 6.35. The minimum Gasteiger partial charge on any atom is -0.497 e. The van der Waals surface area contributed by atoms with Crippen LogP contribution in [0.15, 0.2) is 36.5 Å². The maximum atomic E-state index is 11.0. The fraction of sp³-hybridized carbons (Fsp3) is 0.200. The van der Waals surface area contributed by atoms with E-state index in [0.29, 0.717) is 23.0 Å². The second kappa shape index (κ2) is 6.60. The van der Waals surface area contributed by atoms with Gasteiger partial charge in [-0.1, -0.05) is 0 Å². The number of nitrogens with zero attached hydrogens (tertiary/aromatic N) is 1. The van der Waals surface area contributed by atoms with Gasteiger partial charge in [-0.25, -0.2) is 4.98 Å². The Balaban J connectivity index is 2.16. The largest absolute Gasteiger partial charge is 0.497 e. The van der Waals surface area contributed by atoms with Gasteiger partial charge in [0.1, 0.15) is 17.3 Å². The molecule has 2 aromatic rings. The summed E-state index contributed by atoms with van der Waals surface area (Å²) in [6, 6.07) is 9.01. The number of ether oxygens (including phenoxy) is 2. The molecule has 0 atom stereocenters. The number of anilines is 3. The Kier molecular flexibility index (Phi) is 4.61. The Morgan fingerprint density at radius 2 is 1.95 bits per heavy atom. The molecule has 110 valence electrons. The van der Waals surface area contributed by atoms with Crippen LogP contribution in [0.25, 0.3) is 0 Å². The van der Waals surface area contributed by atoms with Crippen LogP contribution in [0.5, 0.6) is 11.5 Å². The molecule has 21 heavy (non-hydrogen) atoms. The molecule has 0 saturated carbocycles. The number of benzene rings is 1. The van der Waals surface area contributed by atoms with Crippen LogP contribution in [0, 0.1) is 0 Å². The van der Waals surface area contributed by atoms with Crippen molar-refractivity contribution in [1.82, 2.24) is 4.98 Å². The molecule has 0 spiro atoms. The molecule has 0 fully saturated rings. The van der Waals surface area contributed by atoms with Gasteiger partial charge in [0.2, 0.25) is 5.91 Å². The van der Waals surface area contributed by atoms with E-state index in [-0.39, 0.29) is 5.91 Å². The van der Waals surface area contributed by atoms with Crippen LogP contribution >= 0.6 is 0 Å². The van der Waals surface area contributed by atoms with Crippen molar-refractivity contribution in [3.63, 3.8) is 0 Å². The SMILES string of the molecule is COc1ccc(Nc2ccc(NC(C)=O)cn2)c(OC)c1. The van der Waals surface area contributed by atoms with Crippen molar-refractivity contribution in [3.8, 4) is 11.5 Å². The van der Waals surface area contributed by atoms with E-state index in [2.05, 4.69) is 15.6 Å². The van der Waals surface area contributed by atoms with Crippen LogP contribution in [0.3, 0.4) is 0 Å². The minimum absolute atomic E-state index is 0.130. The smallest absolute Gasteiger partial charge is 0.221 e. The maximum Gasteiger partial charge on any atom is 0.221 e. The number of carbonyl (C=O) groups excluding carboxylic acids is 1. The minimum atomic E-state index is -0.130. The molecular weight excluding hydrogens is 270 g/mol. The Morgan fingerprint density at radius 3 is 2.52 bits per heavy atom. The monoisotopic (exact) mass is 287 g/mol. The second-order valence-corrected chi connectivity index (χ2v) is 4.30. The average Bonchev–Trinajstić information content (AvgIpc) is 2.49. The lowest BCUT2D eigenvalue weighted by atomic mass is 10.2. The van der Waals surface area contributed by atoms with E-state index in [1.165, 1.54) is 6.92 Å². The summed E-state index contributed by atoms with van der Waals surface area (Å²) in [4.78, 5) is 15.2. The van der Waals surface area contributed by atoms with E-state index in [4.69, 9.17) is 9.47 Å². The highest BCUT2D eigenvalue weighted by Gasteiger charge is 2.06. The molecule has 0 aliphatic heterocycles. The summed E-state index contributed by atoms with van der Waals surface area (Å²) in [6.45, 7) is 1.45. The number of pyridine rings is 1. The van der Waals surface area contributed by atoms with Crippen molar-refractivity contribution in [3.05, 3.63) is 36.5 Å². The molecule has 1 aromatic heterocycles.